The molecule has 11 heteroatoms. The number of hydrogen-bond acceptors (Lipinski definition) is 6. The lowest BCUT2D eigenvalue weighted by atomic mass is 10.1. The fourth-order valence-electron chi connectivity index (χ4n) is 2.87. The summed E-state index contributed by atoms with van der Waals surface area (Å²) in [6, 6.07) is 8.90. The van der Waals surface area contributed by atoms with Crippen molar-refractivity contribution in [2.24, 2.45) is 0 Å². The first-order valence-electron chi connectivity index (χ1n) is 9.07. The monoisotopic (exact) mass is 459 g/mol. The van der Waals surface area contributed by atoms with Crippen LogP contribution in [-0.4, -0.2) is 26.7 Å². The van der Waals surface area contributed by atoms with Gasteiger partial charge in [0, 0.05) is 24.8 Å². The molecule has 3 aromatic rings. The van der Waals surface area contributed by atoms with Crippen LogP contribution >= 0.6 is 11.3 Å². The summed E-state index contributed by atoms with van der Waals surface area (Å²) in [6.07, 6.45) is -4.66. The van der Waals surface area contributed by atoms with Crippen molar-refractivity contribution in [2.45, 2.75) is 31.2 Å². The van der Waals surface area contributed by atoms with Crippen molar-refractivity contribution in [2.75, 3.05) is 22.7 Å². The third-order valence-electron chi connectivity index (χ3n) is 4.47. The minimum absolute atomic E-state index is 0.0405. The molecule has 1 aromatic carbocycles. The van der Waals surface area contributed by atoms with Crippen LogP contribution in [0.15, 0.2) is 45.1 Å². The minimum Gasteiger partial charge on any atom is -0.372 e. The molecule has 6 nitrogen and oxygen atoms in total. The number of thiophene rings is 1. The largest absolute Gasteiger partial charge is 0.452 e. The highest BCUT2D eigenvalue weighted by Crippen LogP contribution is 2.36. The molecule has 0 unspecified atom stereocenters. The third-order valence-corrected chi connectivity index (χ3v) is 7.44. The first-order valence-corrected chi connectivity index (χ1v) is 11.4. The van der Waals surface area contributed by atoms with Crippen LogP contribution in [-0.2, 0) is 16.2 Å². The molecule has 0 spiro atoms. The van der Waals surface area contributed by atoms with Gasteiger partial charge in [-0.2, -0.15) is 13.2 Å². The molecular weight excluding hydrogens is 439 g/mol. The van der Waals surface area contributed by atoms with Gasteiger partial charge in [0.2, 0.25) is 5.76 Å². The Labute approximate surface area is 176 Å². The van der Waals surface area contributed by atoms with Crippen molar-refractivity contribution < 1.29 is 26.1 Å². The van der Waals surface area contributed by atoms with E-state index in [1.807, 2.05) is 26.0 Å². The Hall–Kier alpha value is -2.53. The Kier molecular flexibility index (Phi) is 6.14. The zero-order valence-electron chi connectivity index (χ0n) is 16.4. The molecule has 0 aliphatic rings. The van der Waals surface area contributed by atoms with E-state index in [1.165, 1.54) is 12.1 Å². The molecular formula is C19H20F3N3O3S2. The van der Waals surface area contributed by atoms with E-state index in [0.29, 0.717) is 5.69 Å². The van der Waals surface area contributed by atoms with Gasteiger partial charge in [-0.1, -0.05) is 5.16 Å². The van der Waals surface area contributed by atoms with Crippen LogP contribution in [0.3, 0.4) is 0 Å². The lowest BCUT2D eigenvalue weighted by Crippen LogP contribution is -2.22. The number of nitrogens with one attached hydrogen (secondary N) is 1. The first kappa shape index (κ1) is 22.2. The second-order valence-electron chi connectivity index (χ2n) is 6.47. The summed E-state index contributed by atoms with van der Waals surface area (Å²) >= 11 is 0.809. The number of hydrogen-bond donors (Lipinski definition) is 1. The summed E-state index contributed by atoms with van der Waals surface area (Å²) in [4.78, 5) is 2.40. The highest BCUT2D eigenvalue weighted by molar-refractivity contribution is 7.94. The Morgan fingerprint density at radius 2 is 1.83 bits per heavy atom. The molecule has 0 atom stereocenters. The quantitative estimate of drug-likeness (QED) is 0.514. The predicted molar refractivity (Wildman–Crippen MR) is 110 cm³/mol. The van der Waals surface area contributed by atoms with Gasteiger partial charge in [0.15, 0.2) is 0 Å². The predicted octanol–water partition coefficient (Wildman–Crippen LogP) is 5.38. The third kappa shape index (κ3) is 4.62. The topological polar surface area (TPSA) is 75.4 Å². The highest BCUT2D eigenvalue weighted by Gasteiger charge is 2.36. The molecule has 2 heterocycles. The molecule has 0 aliphatic heterocycles. The molecule has 0 saturated carbocycles. The number of anilines is 2. The lowest BCUT2D eigenvalue weighted by Gasteiger charge is -2.22. The van der Waals surface area contributed by atoms with Gasteiger partial charge in [0.1, 0.15) is 9.90 Å². The SMILES string of the molecule is CCN(CC)c1ccc(NS(=O)(=O)c2ccc(-c3cc(C(F)(F)F)on3)s2)c(C)c1. The van der Waals surface area contributed by atoms with E-state index in [2.05, 4.69) is 19.3 Å². The van der Waals surface area contributed by atoms with Crippen LogP contribution in [0.4, 0.5) is 24.5 Å². The van der Waals surface area contributed by atoms with Gasteiger partial charge in [-0.15, -0.1) is 11.3 Å². The average molecular weight is 460 g/mol. The number of benzene rings is 1. The molecule has 162 valence electrons. The second kappa shape index (κ2) is 8.31. The molecule has 3 rings (SSSR count). The van der Waals surface area contributed by atoms with E-state index in [1.54, 1.807) is 13.0 Å². The Morgan fingerprint density at radius 3 is 2.40 bits per heavy atom. The van der Waals surface area contributed by atoms with Crippen LogP contribution in [0.5, 0.6) is 0 Å². The van der Waals surface area contributed by atoms with E-state index in [4.69, 9.17) is 0 Å². The molecule has 30 heavy (non-hydrogen) atoms. The number of aryl methyl sites for hydroxylation is 1. The van der Waals surface area contributed by atoms with Crippen LogP contribution in [0, 0.1) is 6.92 Å². The normalized spacial score (nSPS) is 12.2. The lowest BCUT2D eigenvalue weighted by molar-refractivity contribution is -0.155. The van der Waals surface area contributed by atoms with Crippen LogP contribution < -0.4 is 9.62 Å². The smallest absolute Gasteiger partial charge is 0.372 e. The van der Waals surface area contributed by atoms with Gasteiger partial charge in [-0.05, 0) is 56.7 Å². The molecule has 2 aromatic heterocycles. The summed E-state index contributed by atoms with van der Waals surface area (Å²) in [5.41, 5.74) is 2.10. The number of aromatic nitrogens is 1. The summed E-state index contributed by atoms with van der Waals surface area (Å²) < 4.78 is 70.3. The fourth-order valence-corrected chi connectivity index (χ4v) is 5.26. The molecule has 0 saturated heterocycles. The molecule has 1 N–H and O–H groups in total. The fraction of sp³-hybridized carbons (Fsp3) is 0.316. The minimum atomic E-state index is -4.66. The Bertz CT molecular complexity index is 1130. The van der Waals surface area contributed by atoms with Crippen LogP contribution in [0.25, 0.3) is 10.6 Å². The van der Waals surface area contributed by atoms with Gasteiger partial charge >= 0.3 is 6.18 Å². The number of nitrogens with zero attached hydrogens (tertiary/aromatic N) is 2. The molecule has 0 radical (unpaired) electrons. The first-order chi connectivity index (χ1) is 14.0. The summed E-state index contributed by atoms with van der Waals surface area (Å²) in [6.45, 7) is 7.54. The zero-order valence-corrected chi connectivity index (χ0v) is 18.1. The van der Waals surface area contributed by atoms with E-state index in [9.17, 15) is 21.6 Å². The van der Waals surface area contributed by atoms with Gasteiger partial charge in [-0.25, -0.2) is 8.42 Å². The van der Waals surface area contributed by atoms with Crippen molar-refractivity contribution in [3.8, 4) is 10.6 Å². The highest BCUT2D eigenvalue weighted by atomic mass is 32.2. The number of alkyl halides is 3. The van der Waals surface area contributed by atoms with E-state index in [0.717, 1.165) is 41.7 Å². The van der Waals surface area contributed by atoms with Crippen LogP contribution in [0.1, 0.15) is 25.2 Å². The average Bonchev–Trinajstić information content (AvgIpc) is 3.34. The number of halogens is 3. The van der Waals surface area contributed by atoms with E-state index in [-0.39, 0.29) is 14.8 Å². The number of sulfonamides is 1. The second-order valence-corrected chi connectivity index (χ2v) is 9.46. The summed E-state index contributed by atoms with van der Waals surface area (Å²) in [5.74, 6) is -1.24. The summed E-state index contributed by atoms with van der Waals surface area (Å²) in [5, 5.41) is 3.38. The van der Waals surface area contributed by atoms with Crippen molar-refractivity contribution >= 4 is 32.7 Å². The molecule has 0 fully saturated rings. The molecule has 0 aliphatic carbocycles. The van der Waals surface area contributed by atoms with Crippen molar-refractivity contribution in [1.82, 2.24) is 5.16 Å². The summed E-state index contributed by atoms with van der Waals surface area (Å²) in [7, 11) is -3.91. The van der Waals surface area contributed by atoms with Crippen molar-refractivity contribution in [1.29, 1.82) is 0 Å². The van der Waals surface area contributed by atoms with Crippen LogP contribution in [0.2, 0.25) is 0 Å². The van der Waals surface area contributed by atoms with E-state index < -0.39 is 22.0 Å². The maximum absolute atomic E-state index is 12.8. The molecule has 0 amide bonds. The maximum atomic E-state index is 12.8. The maximum Gasteiger partial charge on any atom is 0.452 e. The standard InChI is InChI=1S/C19H20F3N3O3S2/c1-4-25(5-2)13-6-7-14(12(3)10-13)24-30(26,27)18-9-8-16(29-18)15-11-17(28-23-15)19(20,21)22/h6-11,24H,4-5H2,1-3H3. The van der Waals surface area contributed by atoms with Gasteiger partial charge < -0.3 is 9.42 Å². The Morgan fingerprint density at radius 1 is 1.13 bits per heavy atom. The van der Waals surface area contributed by atoms with Gasteiger partial charge in [-0.3, -0.25) is 4.72 Å². The van der Waals surface area contributed by atoms with Gasteiger partial charge in [0.25, 0.3) is 10.0 Å². The molecule has 0 bridgehead atoms. The Balaban J connectivity index is 1.83. The van der Waals surface area contributed by atoms with Gasteiger partial charge in [0.05, 0.1) is 10.6 Å². The zero-order chi connectivity index (χ0) is 22.1. The van der Waals surface area contributed by atoms with Crippen molar-refractivity contribution in [3.63, 3.8) is 0 Å². The van der Waals surface area contributed by atoms with E-state index >= 15 is 0 Å². The number of rotatable bonds is 7. The van der Waals surface area contributed by atoms with Crippen molar-refractivity contribution in [3.05, 3.63) is 47.7 Å².